The van der Waals surface area contributed by atoms with E-state index in [-0.39, 0.29) is 88.3 Å². The van der Waals surface area contributed by atoms with Gasteiger partial charge in [-0.05, 0) is 123 Å². The van der Waals surface area contributed by atoms with Crippen LogP contribution in [0.4, 0.5) is 21.2 Å². The predicted molar refractivity (Wildman–Crippen MR) is 543 cm³/mol. The zero-order valence-electron chi connectivity index (χ0n) is 84.3. The molecule has 40 nitrogen and oxygen atoms in total. The number of aliphatic hydroxyl groups is 1. The van der Waals surface area contributed by atoms with Gasteiger partial charge in [0, 0.05) is 130 Å². The zero-order chi connectivity index (χ0) is 103. The van der Waals surface area contributed by atoms with Crippen LogP contribution in [0.25, 0.3) is 44.1 Å². The van der Waals surface area contributed by atoms with E-state index in [1.807, 2.05) is 103 Å². The number of H-pyrrole nitrogens is 1. The predicted octanol–water partition coefficient (Wildman–Crippen LogP) is 6.79. The maximum absolute atomic E-state index is 14.6. The number of amides is 9. The number of imide groups is 1. The number of benzene rings is 5. The monoisotopic (exact) mass is 2020 g/mol. The highest BCUT2D eigenvalue weighted by molar-refractivity contribution is 6.07. The lowest BCUT2D eigenvalue weighted by Gasteiger charge is -2.45. The van der Waals surface area contributed by atoms with Crippen molar-refractivity contribution in [3.63, 3.8) is 0 Å². The molecule has 13 rings (SSSR count). The SMILES string of the molecule is COCCOCCOCCOCCOCCOCCOCCOCCOCCOCCOCCOCCC(=O)NCCCC[C@@H](C(=O)N[C@@H](CC(N)=O)C(=O)NCC(=O)NCN1C(=O)CCN(c2cc(C#CCNC3(C)CCN(C4CCN(c5nc([C@@](CO)(OC6CC6)c6ccccc6)c6cc(-c7cn(C)c(=O)c8[nH]ccc78)ccc6n5)CC4)CC3)ccc2OC)C1=O)N(C)C(=O)OC1c2ccccc2-c2ccccc21. The van der Waals surface area contributed by atoms with Gasteiger partial charge in [0.25, 0.3) is 5.56 Å². The van der Waals surface area contributed by atoms with E-state index in [9.17, 15) is 48.3 Å². The van der Waals surface area contributed by atoms with Crippen LogP contribution in [0.3, 0.4) is 0 Å². The minimum Gasteiger partial charge on any atom is -0.495 e. The molecular formula is C106H141N15O25. The molecule has 0 spiro atoms. The average molecular weight is 2030 g/mol. The van der Waals surface area contributed by atoms with Gasteiger partial charge >= 0.3 is 12.1 Å². The van der Waals surface area contributed by atoms with E-state index in [2.05, 4.69) is 66.2 Å². The van der Waals surface area contributed by atoms with Crippen LogP contribution in [0, 0.1) is 11.8 Å². The second-order valence-corrected chi connectivity index (χ2v) is 36.5. The lowest BCUT2D eigenvalue weighted by molar-refractivity contribution is -0.134. The number of aryl methyl sites for hydroxylation is 1. The lowest BCUT2D eigenvalue weighted by Crippen LogP contribution is -2.57. The summed E-state index contributed by atoms with van der Waals surface area (Å²) < 4.78 is 86.1. The Balaban J connectivity index is 0.510. The second-order valence-electron chi connectivity index (χ2n) is 36.5. The van der Waals surface area contributed by atoms with Gasteiger partial charge in [-0.3, -0.25) is 43.4 Å². The minimum absolute atomic E-state index is 0.00183. The Hall–Kier alpha value is -12.0. The molecular weight excluding hydrogens is 1880 g/mol. The molecule has 3 aromatic heterocycles. The number of fused-ring (bicyclic) bond motifs is 5. The van der Waals surface area contributed by atoms with Gasteiger partial charge in [-0.1, -0.05) is 96.8 Å². The first-order chi connectivity index (χ1) is 71.2. The Morgan fingerprint density at radius 2 is 1.21 bits per heavy atom. The fourth-order valence-electron chi connectivity index (χ4n) is 18.0. The number of nitrogens with two attached hydrogens (primary N) is 1. The van der Waals surface area contributed by atoms with E-state index in [0.29, 0.717) is 191 Å². The van der Waals surface area contributed by atoms with Crippen LogP contribution in [-0.4, -0.2) is 356 Å². The number of likely N-dealkylation sites (N-methyl/N-ethyl adjacent to an activating group) is 1. The standard InChI is InChI=1S/C106H141N15O25/c1-105(35-43-118(44-36-105)78-31-40-119(41-32-78)102-114-87-28-25-76(86-72-116(2)101(129)96-82(86)30-39-109-96)69-85(87)98(115-102)106(73-122,146-79-26-27-79)77-17-7-6-8-18-77)112-38-15-16-75-24-29-91(133-5)90(68-75)120-42-33-95(126)121(103(120)130)74-111-94(125)71-110-99(127)88(70-92(107)123)113-100(128)89(117(3)104(131)145-97-83-21-11-9-19-80(83)81-20-10-12-22-84(81)97)23-13-14-37-108-93(124)34-45-134-48-49-136-52-53-138-56-57-140-60-61-142-64-65-144-67-66-143-63-62-141-59-58-139-55-54-137-51-50-135-47-46-132-4/h6-12,17-22,24-25,28-30,39,68-69,72,78-79,88-89,97,109,112,122H,13-14,23,26-27,31-38,40-67,70-71,73-74H2,1-5H3,(H2,107,123)(H,108,124)(H,110,127)(H,111,125)(H,113,128)/t88-,89-,106-/m0/s1. The van der Waals surface area contributed by atoms with Gasteiger partial charge in [0.15, 0.2) is 11.7 Å². The quantitative estimate of drug-likeness (QED) is 0.0144. The molecule has 8 aromatic rings. The van der Waals surface area contributed by atoms with Gasteiger partial charge in [0.2, 0.25) is 41.4 Å². The number of anilines is 2. The van der Waals surface area contributed by atoms with Crippen LogP contribution in [0.2, 0.25) is 0 Å². The number of nitrogens with one attached hydrogen (secondary N) is 6. The van der Waals surface area contributed by atoms with E-state index >= 15 is 0 Å². The number of likely N-dealkylation sites (tertiary alicyclic amines) is 1. The van der Waals surface area contributed by atoms with Crippen LogP contribution in [0.5, 0.6) is 5.75 Å². The summed E-state index contributed by atoms with van der Waals surface area (Å²) in [5, 5.41) is 27.3. The maximum atomic E-state index is 14.6. The highest BCUT2D eigenvalue weighted by Crippen LogP contribution is 2.47. The van der Waals surface area contributed by atoms with Crippen molar-refractivity contribution < 1.29 is 115 Å². The van der Waals surface area contributed by atoms with Crippen molar-refractivity contribution in [2.24, 2.45) is 12.8 Å². The van der Waals surface area contributed by atoms with Crippen LogP contribution in [0.1, 0.15) is 118 Å². The van der Waals surface area contributed by atoms with Crippen molar-refractivity contribution in [1.82, 2.24) is 60.8 Å². The summed E-state index contributed by atoms with van der Waals surface area (Å²) in [6.45, 7) is 14.0. The van der Waals surface area contributed by atoms with Gasteiger partial charge in [-0.15, -0.1) is 0 Å². The normalized spacial score (nSPS) is 15.7. The van der Waals surface area contributed by atoms with Crippen molar-refractivity contribution in [3.05, 3.63) is 172 Å². The average Bonchev–Trinajstić information content (AvgIpc) is 1.05. The van der Waals surface area contributed by atoms with Gasteiger partial charge < -0.3 is 128 Å². The molecule has 6 heterocycles. The number of aromatic amines is 1. The number of urea groups is 1. The molecule has 146 heavy (non-hydrogen) atoms. The summed E-state index contributed by atoms with van der Waals surface area (Å²) >= 11 is 0. The van der Waals surface area contributed by atoms with Gasteiger partial charge in [-0.2, -0.15) is 0 Å². The van der Waals surface area contributed by atoms with Crippen molar-refractivity contribution >= 4 is 81.0 Å². The number of carbonyl (C=O) groups excluding carboxylic acids is 8. The molecule has 0 unspecified atom stereocenters. The molecule has 5 aromatic carbocycles. The van der Waals surface area contributed by atoms with E-state index in [0.717, 1.165) is 124 Å². The van der Waals surface area contributed by atoms with E-state index < -0.39 is 85.1 Å². The number of nitrogens with zero attached hydrogens (tertiary/aromatic N) is 8. The number of primary amides is 1. The molecule has 3 aliphatic heterocycles. The molecule has 3 atom stereocenters. The first kappa shape index (κ1) is 111. The molecule has 2 aliphatic carbocycles. The van der Waals surface area contributed by atoms with E-state index in [1.54, 1.807) is 43.1 Å². The molecule has 1 saturated carbocycles. The maximum Gasteiger partial charge on any atom is 0.411 e. The van der Waals surface area contributed by atoms with Crippen molar-refractivity contribution in [3.8, 4) is 39.8 Å². The van der Waals surface area contributed by atoms with Crippen LogP contribution < -0.4 is 52.4 Å². The highest BCUT2D eigenvalue weighted by Gasteiger charge is 2.46. The number of hydrogen-bond donors (Lipinski definition) is 8. The molecule has 0 radical (unpaired) electrons. The van der Waals surface area contributed by atoms with Crippen LogP contribution in [-0.2, 0) is 108 Å². The fraction of sp³-hybridized carbons (Fsp3) is 0.538. The van der Waals surface area contributed by atoms with Crippen LogP contribution >= 0.6 is 0 Å². The Bertz CT molecular complexity index is 5640. The van der Waals surface area contributed by atoms with Gasteiger partial charge in [0.05, 0.1) is 208 Å². The minimum atomic E-state index is -1.65. The van der Waals surface area contributed by atoms with Crippen molar-refractivity contribution in [2.75, 3.05) is 249 Å². The number of pyridine rings is 1. The Labute approximate surface area is 850 Å². The van der Waals surface area contributed by atoms with Gasteiger partial charge in [0.1, 0.15) is 30.0 Å². The number of hydrogen-bond acceptors (Lipinski definition) is 30. The third-order valence-electron chi connectivity index (χ3n) is 26.2. The van der Waals surface area contributed by atoms with Crippen molar-refractivity contribution in [2.45, 2.75) is 125 Å². The molecule has 3 saturated heterocycles. The zero-order valence-corrected chi connectivity index (χ0v) is 84.3. The summed E-state index contributed by atoms with van der Waals surface area (Å²) in [4.78, 5) is 145. The first-order valence-electron chi connectivity index (χ1n) is 50.4. The fourth-order valence-corrected chi connectivity index (χ4v) is 18.0. The Morgan fingerprint density at radius 3 is 1.78 bits per heavy atom. The molecule has 5 aliphatic rings. The number of rotatable bonds is 64. The molecule has 4 fully saturated rings. The topological polar surface area (TPSA) is 461 Å². The summed E-state index contributed by atoms with van der Waals surface area (Å²) in [6, 6.07) is 34.6. The largest absolute Gasteiger partial charge is 0.495 e. The highest BCUT2D eigenvalue weighted by atomic mass is 16.6. The summed E-state index contributed by atoms with van der Waals surface area (Å²) in [5.41, 5.74) is 12.5. The molecule has 0 bridgehead atoms. The van der Waals surface area contributed by atoms with Crippen molar-refractivity contribution in [1.29, 1.82) is 0 Å². The second kappa shape index (κ2) is 57.9. The smallest absolute Gasteiger partial charge is 0.411 e. The molecule has 40 heteroatoms. The van der Waals surface area contributed by atoms with Crippen LogP contribution in [0.15, 0.2) is 139 Å². The third-order valence-corrected chi connectivity index (χ3v) is 26.2. The summed E-state index contributed by atoms with van der Waals surface area (Å²) in [5.74, 6) is 2.90. The molecule has 790 valence electrons. The number of methoxy groups -OCH3 is 2. The van der Waals surface area contributed by atoms with E-state index in [4.69, 9.17) is 86.8 Å². The molecule has 9 amide bonds. The third kappa shape index (κ3) is 32.3. The molecule has 9 N–H and O–H groups in total. The number of carbonyl (C=O) groups is 8. The lowest BCUT2D eigenvalue weighted by atomic mass is 9.87. The van der Waals surface area contributed by atoms with Gasteiger partial charge in [-0.25, -0.2) is 24.5 Å². The van der Waals surface area contributed by atoms with E-state index in [1.165, 1.54) is 19.1 Å². The summed E-state index contributed by atoms with van der Waals surface area (Å²) in [6.07, 6.45) is 7.06. The number of ether oxygens (including phenoxy) is 15. The number of aromatic nitrogens is 4. The number of unbranched alkanes of at least 4 members (excludes halogenated alkanes) is 1. The summed E-state index contributed by atoms with van der Waals surface area (Å²) in [7, 11) is 6.21. The number of piperidine rings is 2. The Morgan fingerprint density at radius 1 is 0.623 bits per heavy atom. The first-order valence-corrected chi connectivity index (χ1v) is 50.4. The number of aliphatic hydroxyl groups excluding tert-OH is 1. The Kier molecular flexibility index (Phi) is 44.1.